The van der Waals surface area contributed by atoms with Crippen molar-refractivity contribution < 1.29 is 0 Å². The first-order valence-electron chi connectivity index (χ1n) is 11.9. The van der Waals surface area contributed by atoms with Crippen molar-refractivity contribution in [2.75, 3.05) is 0 Å². The molecular formula is C28H23Cl2N5OS. The Bertz CT molecular complexity index is 1760. The van der Waals surface area contributed by atoms with Gasteiger partial charge in [0.15, 0.2) is 5.82 Å². The summed E-state index contributed by atoms with van der Waals surface area (Å²) in [6.07, 6.45) is 5.66. The maximum Gasteiger partial charge on any atom is 0.291 e. The van der Waals surface area contributed by atoms with Crippen LogP contribution < -0.4 is 10.1 Å². The summed E-state index contributed by atoms with van der Waals surface area (Å²) in [4.78, 5) is 18.6. The lowest BCUT2D eigenvalue weighted by Gasteiger charge is -2.01. The number of thiazole rings is 1. The SMILES string of the molecule is Cc1ccc(-c2nn(-c3ccccc3)cc2/C=c2\sc3nc([C@H]4[C@@H](C=C(Cl)Cl)C4(C)C)nn3c2=O)cc1. The number of hydrogen-bond acceptors (Lipinski definition) is 5. The second-order valence-corrected chi connectivity index (χ2v) is 12.0. The van der Waals surface area contributed by atoms with Crippen molar-refractivity contribution in [1.29, 1.82) is 0 Å². The highest BCUT2D eigenvalue weighted by atomic mass is 35.5. The smallest absolute Gasteiger partial charge is 0.266 e. The molecule has 0 bridgehead atoms. The molecule has 5 aromatic rings. The largest absolute Gasteiger partial charge is 0.291 e. The number of aryl methyl sites for hydroxylation is 1. The Morgan fingerprint density at radius 2 is 1.78 bits per heavy atom. The maximum atomic E-state index is 13.3. The predicted molar refractivity (Wildman–Crippen MR) is 149 cm³/mol. The number of hydrogen-bond donors (Lipinski definition) is 0. The molecule has 0 aliphatic heterocycles. The summed E-state index contributed by atoms with van der Waals surface area (Å²) in [6, 6.07) is 18.1. The number of nitrogens with zero attached hydrogens (tertiary/aromatic N) is 5. The number of aromatic nitrogens is 5. The van der Waals surface area contributed by atoms with E-state index in [1.54, 1.807) is 0 Å². The van der Waals surface area contributed by atoms with E-state index in [9.17, 15) is 4.79 Å². The van der Waals surface area contributed by atoms with Gasteiger partial charge in [-0.3, -0.25) is 4.79 Å². The maximum absolute atomic E-state index is 13.3. The van der Waals surface area contributed by atoms with Gasteiger partial charge >= 0.3 is 0 Å². The molecule has 186 valence electrons. The lowest BCUT2D eigenvalue weighted by atomic mass is 10.1. The van der Waals surface area contributed by atoms with Crippen LogP contribution in [0, 0.1) is 18.3 Å². The molecule has 0 spiro atoms. The summed E-state index contributed by atoms with van der Waals surface area (Å²) in [5.74, 6) is 0.848. The Hall–Kier alpha value is -3.26. The van der Waals surface area contributed by atoms with Crippen molar-refractivity contribution in [1.82, 2.24) is 24.4 Å². The van der Waals surface area contributed by atoms with Crippen LogP contribution in [0.25, 0.3) is 28.0 Å². The van der Waals surface area contributed by atoms with Gasteiger partial charge in [-0.2, -0.15) is 9.61 Å². The van der Waals surface area contributed by atoms with Gasteiger partial charge in [-0.15, -0.1) is 5.10 Å². The summed E-state index contributed by atoms with van der Waals surface area (Å²) >= 11 is 13.1. The van der Waals surface area contributed by atoms with Gasteiger partial charge in [-0.25, -0.2) is 9.67 Å². The Morgan fingerprint density at radius 3 is 2.46 bits per heavy atom. The van der Waals surface area contributed by atoms with E-state index in [4.69, 9.17) is 33.3 Å². The fourth-order valence-corrected chi connectivity index (χ4v) is 6.06. The molecule has 2 aromatic carbocycles. The van der Waals surface area contributed by atoms with E-state index in [-0.39, 0.29) is 27.3 Å². The molecule has 6 rings (SSSR count). The summed E-state index contributed by atoms with van der Waals surface area (Å²) in [5.41, 5.74) is 4.48. The second-order valence-electron chi connectivity index (χ2n) is 9.94. The van der Waals surface area contributed by atoms with E-state index in [2.05, 4.69) is 38.0 Å². The molecule has 1 aliphatic carbocycles. The minimum Gasteiger partial charge on any atom is -0.266 e. The third-order valence-corrected chi connectivity index (χ3v) is 8.28. The van der Waals surface area contributed by atoms with Crippen LogP contribution in [0.4, 0.5) is 0 Å². The average molecular weight is 548 g/mol. The molecule has 2 atom stereocenters. The molecule has 0 radical (unpaired) electrons. The van der Waals surface area contributed by atoms with E-state index >= 15 is 0 Å². The molecular weight excluding hydrogens is 525 g/mol. The molecule has 1 saturated carbocycles. The number of rotatable bonds is 5. The lowest BCUT2D eigenvalue weighted by molar-refractivity contribution is 0.585. The van der Waals surface area contributed by atoms with Gasteiger partial charge in [0.05, 0.1) is 15.9 Å². The van der Waals surface area contributed by atoms with Crippen LogP contribution in [-0.2, 0) is 0 Å². The van der Waals surface area contributed by atoms with Crippen molar-refractivity contribution >= 4 is 45.6 Å². The van der Waals surface area contributed by atoms with E-state index in [1.807, 2.05) is 65.5 Å². The van der Waals surface area contributed by atoms with E-state index in [1.165, 1.54) is 21.4 Å². The van der Waals surface area contributed by atoms with Crippen molar-refractivity contribution in [3.8, 4) is 16.9 Å². The van der Waals surface area contributed by atoms with Crippen molar-refractivity contribution in [3.63, 3.8) is 0 Å². The van der Waals surface area contributed by atoms with Crippen molar-refractivity contribution in [2.24, 2.45) is 11.3 Å². The zero-order valence-corrected chi connectivity index (χ0v) is 22.7. The highest BCUT2D eigenvalue weighted by molar-refractivity contribution is 7.15. The summed E-state index contributed by atoms with van der Waals surface area (Å²) in [6.45, 7) is 6.30. The molecule has 3 heterocycles. The third-order valence-electron chi connectivity index (χ3n) is 7.07. The van der Waals surface area contributed by atoms with Gasteiger partial charge in [0, 0.05) is 23.2 Å². The predicted octanol–water partition coefficient (Wildman–Crippen LogP) is 5.92. The van der Waals surface area contributed by atoms with Crippen LogP contribution in [0.1, 0.15) is 36.7 Å². The van der Waals surface area contributed by atoms with Gasteiger partial charge in [0.2, 0.25) is 4.96 Å². The Kier molecular flexibility index (Phi) is 5.82. The van der Waals surface area contributed by atoms with Crippen LogP contribution in [0.5, 0.6) is 0 Å². The summed E-state index contributed by atoms with van der Waals surface area (Å²) in [7, 11) is 0. The zero-order valence-electron chi connectivity index (χ0n) is 20.4. The van der Waals surface area contributed by atoms with E-state index in [0.29, 0.717) is 15.3 Å². The van der Waals surface area contributed by atoms with Crippen LogP contribution in [0.15, 0.2) is 76.2 Å². The molecule has 3 aromatic heterocycles. The Morgan fingerprint density at radius 1 is 1.05 bits per heavy atom. The van der Waals surface area contributed by atoms with Crippen LogP contribution in [0.3, 0.4) is 0 Å². The molecule has 1 fully saturated rings. The molecule has 6 nitrogen and oxygen atoms in total. The van der Waals surface area contributed by atoms with Crippen LogP contribution in [-0.4, -0.2) is 24.4 Å². The fourth-order valence-electron chi connectivity index (χ4n) is 4.88. The van der Waals surface area contributed by atoms with Gasteiger partial charge in [0.1, 0.15) is 4.49 Å². The number of fused-ring (bicyclic) bond motifs is 1. The number of para-hydroxylation sites is 1. The second kappa shape index (κ2) is 8.94. The molecule has 9 heteroatoms. The highest BCUT2D eigenvalue weighted by Crippen LogP contribution is 2.64. The molecule has 0 unspecified atom stereocenters. The minimum atomic E-state index is -0.193. The molecule has 0 saturated heterocycles. The molecule has 1 aliphatic rings. The Balaban J connectivity index is 1.43. The number of allylic oxidation sites excluding steroid dienone is 1. The minimum absolute atomic E-state index is 0.0659. The zero-order chi connectivity index (χ0) is 25.9. The number of benzene rings is 2. The first-order valence-corrected chi connectivity index (χ1v) is 13.5. The lowest BCUT2D eigenvalue weighted by Crippen LogP contribution is -2.23. The summed E-state index contributed by atoms with van der Waals surface area (Å²) < 4.78 is 4.03. The van der Waals surface area contributed by atoms with Gasteiger partial charge in [0.25, 0.3) is 5.56 Å². The average Bonchev–Trinajstić information content (AvgIpc) is 3.28. The summed E-state index contributed by atoms with van der Waals surface area (Å²) in [5, 5.41) is 9.44. The molecule has 37 heavy (non-hydrogen) atoms. The van der Waals surface area contributed by atoms with Gasteiger partial charge in [-0.05, 0) is 42.5 Å². The first-order chi connectivity index (χ1) is 17.7. The molecule has 0 N–H and O–H groups in total. The van der Waals surface area contributed by atoms with Crippen molar-refractivity contribution in [2.45, 2.75) is 26.7 Å². The monoisotopic (exact) mass is 547 g/mol. The number of halogens is 2. The quantitative estimate of drug-likeness (QED) is 0.274. The normalized spacial score (nSPS) is 18.9. The fraction of sp³-hybridized carbons (Fsp3) is 0.214. The third kappa shape index (κ3) is 4.31. The van der Waals surface area contributed by atoms with Crippen LogP contribution >= 0.6 is 34.5 Å². The van der Waals surface area contributed by atoms with E-state index < -0.39 is 0 Å². The highest BCUT2D eigenvalue weighted by Gasteiger charge is 2.59. The van der Waals surface area contributed by atoms with Gasteiger partial charge in [-0.1, -0.05) is 96.4 Å². The topological polar surface area (TPSA) is 65.1 Å². The van der Waals surface area contributed by atoms with E-state index in [0.717, 1.165) is 22.5 Å². The van der Waals surface area contributed by atoms with Gasteiger partial charge < -0.3 is 0 Å². The first kappa shape index (κ1) is 24.1. The van der Waals surface area contributed by atoms with Crippen molar-refractivity contribution in [3.05, 3.63) is 103 Å². The van der Waals surface area contributed by atoms with Crippen LogP contribution in [0.2, 0.25) is 0 Å². The molecule has 0 amide bonds. The standard InChI is InChI=1S/C28H23Cl2N5OS/c1-16-9-11-17(12-10-16)24-18(15-34(32-24)19-7-5-4-6-8-19)13-21-26(36)35-27(37-21)31-25(33-35)23-20(14-22(29)30)28(23,2)3/h4-15,20,23H,1-3H3/b21-13-/t20-,23-/m1/s1. The Labute approximate surface area is 227 Å².